The van der Waals surface area contributed by atoms with Crippen LogP contribution in [-0.2, 0) is 10.0 Å². The van der Waals surface area contributed by atoms with Crippen molar-refractivity contribution in [2.24, 2.45) is 11.3 Å². The van der Waals surface area contributed by atoms with Crippen LogP contribution in [0.25, 0.3) is 0 Å². The molecule has 1 aliphatic rings. The highest BCUT2D eigenvalue weighted by atomic mass is 32.2. The zero-order valence-electron chi connectivity index (χ0n) is 12.6. The normalized spacial score (nSPS) is 25.6. The predicted octanol–water partition coefficient (Wildman–Crippen LogP) is 2.83. The molecule has 1 saturated carbocycles. The summed E-state index contributed by atoms with van der Waals surface area (Å²) in [5.74, 6) is 0.537. The smallest absolute Gasteiger partial charge is 0.242 e. The van der Waals surface area contributed by atoms with Crippen LogP contribution in [0, 0.1) is 11.3 Å². The minimum absolute atomic E-state index is 0.313. The lowest BCUT2D eigenvalue weighted by molar-refractivity contribution is 0.366. The Kier molecular flexibility index (Phi) is 4.12. The van der Waals surface area contributed by atoms with Crippen molar-refractivity contribution in [2.75, 3.05) is 12.4 Å². The lowest BCUT2D eigenvalue weighted by Crippen LogP contribution is -2.26. The summed E-state index contributed by atoms with van der Waals surface area (Å²) in [6.45, 7) is 6.75. The molecule has 2 rings (SSSR count). The predicted molar refractivity (Wildman–Crippen MR) is 82.3 cm³/mol. The van der Waals surface area contributed by atoms with Crippen LogP contribution >= 0.6 is 0 Å². The van der Waals surface area contributed by atoms with Crippen molar-refractivity contribution in [3.63, 3.8) is 0 Å². The van der Waals surface area contributed by atoms with Gasteiger partial charge in [-0.2, -0.15) is 0 Å². The summed E-state index contributed by atoms with van der Waals surface area (Å²) in [5.41, 5.74) is 1.00. The van der Waals surface area contributed by atoms with Crippen LogP contribution in [0.15, 0.2) is 29.2 Å². The van der Waals surface area contributed by atoms with Crippen molar-refractivity contribution in [1.82, 2.24) is 4.72 Å². The number of benzene rings is 1. The molecule has 1 fully saturated rings. The van der Waals surface area contributed by atoms with E-state index in [9.17, 15) is 8.42 Å². The van der Waals surface area contributed by atoms with Crippen molar-refractivity contribution in [3.05, 3.63) is 24.3 Å². The van der Waals surface area contributed by atoms with Gasteiger partial charge < -0.3 is 5.32 Å². The number of sulfonamides is 1. The van der Waals surface area contributed by atoms with Crippen LogP contribution in [0.2, 0.25) is 0 Å². The number of para-hydroxylation sites is 1. The summed E-state index contributed by atoms with van der Waals surface area (Å²) < 4.78 is 26.5. The van der Waals surface area contributed by atoms with Crippen molar-refractivity contribution < 1.29 is 8.42 Å². The molecule has 1 aliphatic carbocycles. The fourth-order valence-corrected chi connectivity index (χ4v) is 4.11. The van der Waals surface area contributed by atoms with E-state index in [2.05, 4.69) is 30.8 Å². The van der Waals surface area contributed by atoms with Crippen molar-refractivity contribution in [2.45, 2.75) is 44.6 Å². The summed E-state index contributed by atoms with van der Waals surface area (Å²) in [6.07, 6.45) is 2.22. The fourth-order valence-electron chi connectivity index (χ4n) is 3.22. The molecule has 0 aromatic heterocycles. The molecule has 112 valence electrons. The maximum atomic E-state index is 12.1. The molecule has 2 N–H and O–H groups in total. The Morgan fingerprint density at radius 2 is 1.85 bits per heavy atom. The van der Waals surface area contributed by atoms with Gasteiger partial charge in [-0.25, -0.2) is 13.1 Å². The summed E-state index contributed by atoms with van der Waals surface area (Å²) in [4.78, 5) is 0.319. The molecular weight excluding hydrogens is 272 g/mol. The molecule has 2 unspecified atom stereocenters. The van der Waals surface area contributed by atoms with Crippen molar-refractivity contribution in [3.8, 4) is 0 Å². The molecule has 0 heterocycles. The highest BCUT2D eigenvalue weighted by molar-refractivity contribution is 7.89. The average Bonchev–Trinajstić information content (AvgIpc) is 2.63. The van der Waals surface area contributed by atoms with Gasteiger partial charge in [0.2, 0.25) is 10.0 Å². The molecule has 2 atom stereocenters. The van der Waals surface area contributed by atoms with Gasteiger partial charge in [0.15, 0.2) is 0 Å². The molecule has 0 spiro atoms. The van der Waals surface area contributed by atoms with E-state index in [1.165, 1.54) is 7.05 Å². The minimum Gasteiger partial charge on any atom is -0.381 e. The van der Waals surface area contributed by atoms with Crippen LogP contribution in [-0.4, -0.2) is 21.5 Å². The highest BCUT2D eigenvalue weighted by Crippen LogP contribution is 2.42. The molecule has 0 bridgehead atoms. The third-order valence-corrected chi connectivity index (χ3v) is 5.59. The molecular formula is C15H24N2O2S. The standard InChI is InChI=1S/C15H24N2O2S/c1-11-9-15(2,3)10-13(11)17-12-7-5-6-8-14(12)20(18,19)16-4/h5-8,11,13,16-17H,9-10H2,1-4H3. The summed E-state index contributed by atoms with van der Waals surface area (Å²) in [7, 11) is -1.99. The van der Waals surface area contributed by atoms with E-state index >= 15 is 0 Å². The van der Waals surface area contributed by atoms with Crippen LogP contribution in [0.5, 0.6) is 0 Å². The molecule has 5 heteroatoms. The monoisotopic (exact) mass is 296 g/mol. The first-order valence-corrected chi connectivity index (χ1v) is 8.53. The number of hydrogen-bond acceptors (Lipinski definition) is 3. The third kappa shape index (κ3) is 3.15. The van der Waals surface area contributed by atoms with E-state index in [4.69, 9.17) is 0 Å². The molecule has 1 aromatic carbocycles. The van der Waals surface area contributed by atoms with Gasteiger partial charge in [0.1, 0.15) is 4.90 Å². The fraction of sp³-hybridized carbons (Fsp3) is 0.600. The van der Waals surface area contributed by atoms with Gasteiger partial charge in [0, 0.05) is 6.04 Å². The molecule has 0 amide bonds. The van der Waals surface area contributed by atoms with Crippen LogP contribution in [0.4, 0.5) is 5.69 Å². The first-order valence-electron chi connectivity index (χ1n) is 7.04. The van der Waals surface area contributed by atoms with Crippen molar-refractivity contribution >= 4 is 15.7 Å². The molecule has 0 saturated heterocycles. The Hall–Kier alpha value is -1.07. The number of rotatable bonds is 4. The van der Waals surface area contributed by atoms with Crippen LogP contribution < -0.4 is 10.0 Å². The van der Waals surface area contributed by atoms with E-state index in [1.807, 2.05) is 12.1 Å². The number of hydrogen-bond donors (Lipinski definition) is 2. The first kappa shape index (κ1) is 15.3. The first-order chi connectivity index (χ1) is 9.25. The van der Waals surface area contributed by atoms with Gasteiger partial charge in [0.25, 0.3) is 0 Å². The molecule has 1 aromatic rings. The number of nitrogens with one attached hydrogen (secondary N) is 2. The lowest BCUT2D eigenvalue weighted by atomic mass is 9.91. The van der Waals surface area contributed by atoms with Crippen LogP contribution in [0.3, 0.4) is 0 Å². The number of anilines is 1. The maximum Gasteiger partial charge on any atom is 0.242 e. The molecule has 20 heavy (non-hydrogen) atoms. The Balaban J connectivity index is 2.27. The minimum atomic E-state index is -3.43. The Morgan fingerprint density at radius 1 is 1.20 bits per heavy atom. The van der Waals surface area contributed by atoms with Gasteiger partial charge in [0.05, 0.1) is 5.69 Å². The van der Waals surface area contributed by atoms with E-state index in [0.717, 1.165) is 12.8 Å². The van der Waals surface area contributed by atoms with E-state index < -0.39 is 10.0 Å². The van der Waals surface area contributed by atoms with Crippen molar-refractivity contribution in [1.29, 1.82) is 0 Å². The van der Waals surface area contributed by atoms with E-state index in [0.29, 0.717) is 28.0 Å². The SMILES string of the molecule is CNS(=O)(=O)c1ccccc1NC1CC(C)(C)CC1C. The lowest BCUT2D eigenvalue weighted by Gasteiger charge is -2.21. The Labute approximate surface area is 122 Å². The topological polar surface area (TPSA) is 58.2 Å². The van der Waals surface area contributed by atoms with Gasteiger partial charge in [-0.15, -0.1) is 0 Å². The Bertz CT molecular complexity index is 581. The van der Waals surface area contributed by atoms with Gasteiger partial charge in [-0.05, 0) is 43.4 Å². The highest BCUT2D eigenvalue weighted by Gasteiger charge is 2.37. The van der Waals surface area contributed by atoms with E-state index in [1.54, 1.807) is 12.1 Å². The van der Waals surface area contributed by atoms with Crippen LogP contribution in [0.1, 0.15) is 33.6 Å². The van der Waals surface area contributed by atoms with Gasteiger partial charge >= 0.3 is 0 Å². The largest absolute Gasteiger partial charge is 0.381 e. The maximum absolute atomic E-state index is 12.1. The zero-order chi connectivity index (χ0) is 15.0. The average molecular weight is 296 g/mol. The second kappa shape index (κ2) is 5.37. The molecule has 4 nitrogen and oxygen atoms in total. The second-order valence-corrected chi connectivity index (χ2v) is 8.36. The quantitative estimate of drug-likeness (QED) is 0.898. The molecule has 0 radical (unpaired) electrons. The summed E-state index contributed by atoms with van der Waals surface area (Å²) in [5, 5.41) is 3.44. The van der Waals surface area contributed by atoms with E-state index in [-0.39, 0.29) is 0 Å². The summed E-state index contributed by atoms with van der Waals surface area (Å²) >= 11 is 0. The zero-order valence-corrected chi connectivity index (χ0v) is 13.4. The molecule has 0 aliphatic heterocycles. The Morgan fingerprint density at radius 3 is 2.40 bits per heavy atom. The second-order valence-electron chi connectivity index (χ2n) is 6.50. The third-order valence-electron chi connectivity index (χ3n) is 4.12. The van der Waals surface area contributed by atoms with Gasteiger partial charge in [-0.1, -0.05) is 32.9 Å². The summed E-state index contributed by atoms with van der Waals surface area (Å²) in [6, 6.07) is 7.40. The van der Waals surface area contributed by atoms with Gasteiger partial charge in [-0.3, -0.25) is 0 Å².